The molecule has 0 radical (unpaired) electrons. The molecule has 8 heteroatoms. The van der Waals surface area contributed by atoms with Crippen molar-refractivity contribution in [2.24, 2.45) is 0 Å². The number of nitrogens with one attached hydrogen (secondary N) is 1. The molecule has 5 nitrogen and oxygen atoms in total. The first-order valence-electron chi connectivity index (χ1n) is 9.59. The van der Waals surface area contributed by atoms with Crippen molar-refractivity contribution in [1.29, 1.82) is 0 Å². The van der Waals surface area contributed by atoms with E-state index in [1.807, 2.05) is 18.2 Å². The van der Waals surface area contributed by atoms with Crippen LogP contribution >= 0.6 is 35.4 Å². The fourth-order valence-electron chi connectivity index (χ4n) is 3.74. The Morgan fingerprint density at radius 3 is 2.77 bits per heavy atom. The minimum Gasteiger partial charge on any atom is -0.371 e. The summed E-state index contributed by atoms with van der Waals surface area (Å²) in [4.78, 5) is 29.2. The molecule has 154 valence electrons. The highest BCUT2D eigenvalue weighted by Crippen LogP contribution is 2.30. The van der Waals surface area contributed by atoms with Crippen LogP contribution in [0.4, 0.5) is 11.4 Å². The topological polar surface area (TPSA) is 52.7 Å². The molecule has 2 heterocycles. The molecule has 0 aliphatic carbocycles. The van der Waals surface area contributed by atoms with E-state index in [0.717, 1.165) is 31.5 Å². The highest BCUT2D eigenvalue weighted by molar-refractivity contribution is 7.80. The molecular formula is C22H19Cl2N3O2S. The summed E-state index contributed by atoms with van der Waals surface area (Å²) in [5.41, 5.74) is 3.71. The second-order valence-corrected chi connectivity index (χ2v) is 8.31. The van der Waals surface area contributed by atoms with Crippen LogP contribution in [0.25, 0.3) is 6.08 Å². The lowest BCUT2D eigenvalue weighted by molar-refractivity contribution is -0.122. The highest BCUT2D eigenvalue weighted by atomic mass is 35.5. The van der Waals surface area contributed by atoms with Crippen LogP contribution in [0, 0.1) is 0 Å². The van der Waals surface area contributed by atoms with Crippen molar-refractivity contribution in [3.05, 3.63) is 64.2 Å². The molecule has 2 aromatic rings. The van der Waals surface area contributed by atoms with Gasteiger partial charge in [0.25, 0.3) is 11.8 Å². The van der Waals surface area contributed by atoms with Crippen LogP contribution in [0.2, 0.25) is 5.02 Å². The molecule has 2 aliphatic rings. The Kier molecular flexibility index (Phi) is 6.09. The third kappa shape index (κ3) is 4.08. The minimum absolute atomic E-state index is 0.0283. The van der Waals surface area contributed by atoms with E-state index < -0.39 is 11.8 Å². The van der Waals surface area contributed by atoms with Crippen LogP contribution in [0.3, 0.4) is 0 Å². The number of rotatable bonds is 5. The highest BCUT2D eigenvalue weighted by Gasteiger charge is 2.34. The lowest BCUT2D eigenvalue weighted by atomic mass is 10.0. The maximum Gasteiger partial charge on any atom is 0.270 e. The van der Waals surface area contributed by atoms with Crippen molar-refractivity contribution in [2.75, 3.05) is 28.8 Å². The number of halogens is 2. The van der Waals surface area contributed by atoms with E-state index in [0.29, 0.717) is 16.6 Å². The molecule has 30 heavy (non-hydrogen) atoms. The van der Waals surface area contributed by atoms with Crippen LogP contribution in [0.1, 0.15) is 17.5 Å². The smallest absolute Gasteiger partial charge is 0.270 e. The Bertz CT molecular complexity index is 1070. The summed E-state index contributed by atoms with van der Waals surface area (Å²) in [6.07, 6.45) is 3.47. The molecule has 0 atom stereocenters. The van der Waals surface area contributed by atoms with Gasteiger partial charge in [0.2, 0.25) is 0 Å². The van der Waals surface area contributed by atoms with Crippen LogP contribution < -0.4 is 15.1 Å². The van der Waals surface area contributed by atoms with E-state index >= 15 is 0 Å². The summed E-state index contributed by atoms with van der Waals surface area (Å²) in [6, 6.07) is 12.8. The van der Waals surface area contributed by atoms with Gasteiger partial charge in [-0.15, -0.1) is 11.6 Å². The average Bonchev–Trinajstić information content (AvgIpc) is 3.11. The zero-order valence-electron chi connectivity index (χ0n) is 16.0. The van der Waals surface area contributed by atoms with E-state index in [9.17, 15) is 9.59 Å². The van der Waals surface area contributed by atoms with Crippen molar-refractivity contribution in [3.8, 4) is 0 Å². The number of carbonyl (C=O) groups excluding carboxylic acids is 2. The van der Waals surface area contributed by atoms with Gasteiger partial charge in [0.05, 0.1) is 5.69 Å². The van der Waals surface area contributed by atoms with Crippen molar-refractivity contribution >= 4 is 69.8 Å². The summed E-state index contributed by atoms with van der Waals surface area (Å²) in [6.45, 7) is 1.87. The van der Waals surface area contributed by atoms with E-state index in [-0.39, 0.29) is 10.7 Å². The van der Waals surface area contributed by atoms with Gasteiger partial charge in [-0.05, 0) is 72.6 Å². The first-order chi connectivity index (χ1) is 14.5. The second-order valence-electron chi connectivity index (χ2n) is 7.11. The van der Waals surface area contributed by atoms with Gasteiger partial charge in [0.15, 0.2) is 5.11 Å². The van der Waals surface area contributed by atoms with Crippen LogP contribution in [-0.2, 0) is 16.0 Å². The Hall–Kier alpha value is -2.41. The molecule has 0 saturated carbocycles. The van der Waals surface area contributed by atoms with Gasteiger partial charge in [-0.25, -0.2) is 0 Å². The fraction of sp³-hybridized carbons (Fsp3) is 0.227. The van der Waals surface area contributed by atoms with Crippen LogP contribution in [-0.4, -0.2) is 35.9 Å². The number of anilines is 2. The minimum atomic E-state index is -0.507. The average molecular weight is 460 g/mol. The Morgan fingerprint density at radius 2 is 2.00 bits per heavy atom. The predicted octanol–water partition coefficient (Wildman–Crippen LogP) is 4.16. The lowest BCUT2D eigenvalue weighted by Gasteiger charge is -2.29. The Labute approximate surface area is 190 Å². The molecule has 0 spiro atoms. The molecule has 4 rings (SSSR count). The number of benzene rings is 2. The first kappa shape index (κ1) is 20.8. The van der Waals surface area contributed by atoms with Crippen molar-refractivity contribution in [3.63, 3.8) is 0 Å². The third-order valence-corrected chi connectivity index (χ3v) is 5.92. The Morgan fingerprint density at radius 1 is 1.17 bits per heavy atom. The summed E-state index contributed by atoms with van der Waals surface area (Å²) < 4.78 is 0. The van der Waals surface area contributed by atoms with Crippen LogP contribution in [0.5, 0.6) is 0 Å². The molecule has 2 aromatic carbocycles. The Balaban J connectivity index is 1.63. The zero-order valence-corrected chi connectivity index (χ0v) is 18.4. The number of fused-ring (bicyclic) bond motifs is 1. The summed E-state index contributed by atoms with van der Waals surface area (Å²) in [5.74, 6) is -0.346. The summed E-state index contributed by atoms with van der Waals surface area (Å²) >= 11 is 17.1. The molecule has 1 N–H and O–H groups in total. The van der Waals surface area contributed by atoms with E-state index in [1.54, 1.807) is 30.3 Å². The number of hydrogen-bond donors (Lipinski definition) is 1. The monoisotopic (exact) mass is 459 g/mol. The molecule has 0 bridgehead atoms. The van der Waals surface area contributed by atoms with E-state index in [1.165, 1.54) is 16.2 Å². The fourth-order valence-corrected chi connectivity index (χ4v) is 4.32. The molecule has 2 amide bonds. The quantitative estimate of drug-likeness (QED) is 0.315. The van der Waals surface area contributed by atoms with Gasteiger partial charge < -0.3 is 4.90 Å². The molecular weight excluding hydrogens is 441 g/mol. The third-order valence-electron chi connectivity index (χ3n) is 5.14. The number of nitrogens with zero attached hydrogens (tertiary/aromatic N) is 2. The first-order valence-corrected chi connectivity index (χ1v) is 10.9. The van der Waals surface area contributed by atoms with Gasteiger partial charge in [0.1, 0.15) is 5.57 Å². The number of alkyl halides is 1. The number of amides is 2. The van der Waals surface area contributed by atoms with Crippen LogP contribution in [0.15, 0.2) is 48.0 Å². The van der Waals surface area contributed by atoms with Gasteiger partial charge in [-0.2, -0.15) is 0 Å². The largest absolute Gasteiger partial charge is 0.371 e. The maximum absolute atomic E-state index is 13.1. The van der Waals surface area contributed by atoms with Crippen molar-refractivity contribution < 1.29 is 9.59 Å². The molecule has 1 saturated heterocycles. The molecule has 2 aliphatic heterocycles. The second kappa shape index (κ2) is 8.76. The van der Waals surface area contributed by atoms with Gasteiger partial charge in [-0.3, -0.25) is 19.8 Å². The van der Waals surface area contributed by atoms with E-state index in [4.69, 9.17) is 35.4 Å². The SMILES string of the molecule is O=C1NC(=S)N(c2cccc(Cl)c2)C(=O)C1=Cc1ccc2c(c1)CCN2CCCCl. The maximum atomic E-state index is 13.1. The summed E-state index contributed by atoms with van der Waals surface area (Å²) in [7, 11) is 0. The summed E-state index contributed by atoms with van der Waals surface area (Å²) in [5, 5.41) is 3.11. The number of carbonyl (C=O) groups is 2. The lowest BCUT2D eigenvalue weighted by Crippen LogP contribution is -2.54. The zero-order chi connectivity index (χ0) is 21.3. The normalized spacial score (nSPS) is 17.5. The molecule has 0 unspecified atom stereocenters. The molecule has 0 aromatic heterocycles. The molecule has 1 fully saturated rings. The standard InChI is InChI=1S/C22H19Cl2N3O2S/c23-8-2-9-26-10-7-15-11-14(5-6-19(15)26)12-18-20(28)25-22(30)27(21(18)29)17-4-1-3-16(24)13-17/h1,3-6,11-13H,2,7-10H2,(H,25,28,30). The van der Waals surface area contributed by atoms with Gasteiger partial charge in [0, 0.05) is 29.7 Å². The van der Waals surface area contributed by atoms with Crippen molar-refractivity contribution in [1.82, 2.24) is 5.32 Å². The van der Waals surface area contributed by atoms with Crippen molar-refractivity contribution in [2.45, 2.75) is 12.8 Å². The number of thiocarbonyl (C=S) groups is 1. The number of hydrogen-bond acceptors (Lipinski definition) is 4. The van der Waals surface area contributed by atoms with E-state index in [2.05, 4.69) is 10.2 Å². The predicted molar refractivity (Wildman–Crippen MR) is 125 cm³/mol. The van der Waals surface area contributed by atoms with Gasteiger partial charge >= 0.3 is 0 Å². The van der Waals surface area contributed by atoms with Gasteiger partial charge in [-0.1, -0.05) is 23.7 Å².